The molecule has 2 heteroatoms. The van der Waals surface area contributed by atoms with Crippen LogP contribution in [0, 0.1) is 5.92 Å². The van der Waals surface area contributed by atoms with Crippen LogP contribution in [0.25, 0.3) is 0 Å². The van der Waals surface area contributed by atoms with Crippen molar-refractivity contribution in [3.63, 3.8) is 0 Å². The summed E-state index contributed by atoms with van der Waals surface area (Å²) in [6.07, 6.45) is 8.66. The zero-order chi connectivity index (χ0) is 10.5. The van der Waals surface area contributed by atoms with E-state index in [1.165, 1.54) is 58.2 Å². The molecule has 0 radical (unpaired) electrons. The maximum Gasteiger partial charge on any atom is 0.0580 e. The molecule has 88 valence electrons. The molecule has 1 aliphatic carbocycles. The molecule has 0 N–H and O–H groups in total. The van der Waals surface area contributed by atoms with E-state index < -0.39 is 0 Å². The van der Waals surface area contributed by atoms with Crippen molar-refractivity contribution in [3.8, 4) is 0 Å². The lowest BCUT2D eigenvalue weighted by Gasteiger charge is -2.33. The normalized spacial score (nSPS) is 32.6. The van der Waals surface area contributed by atoms with Crippen LogP contribution in [-0.4, -0.2) is 37.2 Å². The molecular formula is C13H25NO. The van der Waals surface area contributed by atoms with Gasteiger partial charge in [-0.3, -0.25) is 0 Å². The van der Waals surface area contributed by atoms with E-state index in [0.29, 0.717) is 6.10 Å². The Morgan fingerprint density at radius 1 is 1.13 bits per heavy atom. The van der Waals surface area contributed by atoms with Gasteiger partial charge in [-0.05, 0) is 51.1 Å². The number of hydrogen-bond donors (Lipinski definition) is 0. The first-order chi connectivity index (χ1) is 7.34. The molecule has 2 nitrogen and oxygen atoms in total. The van der Waals surface area contributed by atoms with Gasteiger partial charge in [0.05, 0.1) is 6.10 Å². The number of nitrogens with zero attached hydrogens (tertiary/aromatic N) is 1. The van der Waals surface area contributed by atoms with E-state index in [1.807, 2.05) is 0 Å². The SMILES string of the molecule is CC1CC(OCCCN2CCCCC2)C1. The van der Waals surface area contributed by atoms with E-state index in [2.05, 4.69) is 11.8 Å². The van der Waals surface area contributed by atoms with E-state index >= 15 is 0 Å². The maximum atomic E-state index is 5.81. The van der Waals surface area contributed by atoms with Gasteiger partial charge in [0.2, 0.25) is 0 Å². The molecule has 1 saturated heterocycles. The molecule has 0 bridgehead atoms. The summed E-state index contributed by atoms with van der Waals surface area (Å²) in [6.45, 7) is 7.19. The van der Waals surface area contributed by atoms with E-state index in [-0.39, 0.29) is 0 Å². The van der Waals surface area contributed by atoms with E-state index in [1.54, 1.807) is 0 Å². The average molecular weight is 211 g/mol. The Hall–Kier alpha value is -0.0800. The Labute approximate surface area is 94.0 Å². The van der Waals surface area contributed by atoms with Gasteiger partial charge < -0.3 is 9.64 Å². The monoisotopic (exact) mass is 211 g/mol. The molecular weight excluding hydrogens is 186 g/mol. The summed E-state index contributed by atoms with van der Waals surface area (Å²) in [5.41, 5.74) is 0. The molecule has 1 heterocycles. The third-order valence-corrected chi connectivity index (χ3v) is 3.75. The van der Waals surface area contributed by atoms with E-state index in [4.69, 9.17) is 4.74 Å². The largest absolute Gasteiger partial charge is 0.378 e. The summed E-state index contributed by atoms with van der Waals surface area (Å²) in [6, 6.07) is 0. The lowest BCUT2D eigenvalue weighted by atomic mass is 9.84. The molecule has 0 atom stereocenters. The highest BCUT2D eigenvalue weighted by molar-refractivity contribution is 4.76. The van der Waals surface area contributed by atoms with Crippen molar-refractivity contribution >= 4 is 0 Å². The molecule has 0 aromatic carbocycles. The molecule has 2 fully saturated rings. The Balaban J connectivity index is 1.44. The van der Waals surface area contributed by atoms with Crippen LogP contribution in [0.4, 0.5) is 0 Å². The highest BCUT2D eigenvalue weighted by atomic mass is 16.5. The predicted molar refractivity (Wildman–Crippen MR) is 63.0 cm³/mol. The fraction of sp³-hybridized carbons (Fsp3) is 1.00. The van der Waals surface area contributed by atoms with Crippen molar-refractivity contribution in [3.05, 3.63) is 0 Å². The maximum absolute atomic E-state index is 5.81. The smallest absolute Gasteiger partial charge is 0.0580 e. The minimum Gasteiger partial charge on any atom is -0.378 e. The third-order valence-electron chi connectivity index (χ3n) is 3.75. The molecule has 0 aromatic heterocycles. The Morgan fingerprint density at radius 3 is 2.53 bits per heavy atom. The fourth-order valence-corrected chi connectivity index (χ4v) is 2.69. The van der Waals surface area contributed by atoms with Crippen LogP contribution in [0.15, 0.2) is 0 Å². The number of likely N-dealkylation sites (tertiary alicyclic amines) is 1. The van der Waals surface area contributed by atoms with Crippen LogP contribution in [-0.2, 0) is 4.74 Å². The van der Waals surface area contributed by atoms with Crippen LogP contribution in [0.2, 0.25) is 0 Å². The number of ether oxygens (including phenoxy) is 1. The van der Waals surface area contributed by atoms with Crippen molar-refractivity contribution in [2.75, 3.05) is 26.2 Å². The van der Waals surface area contributed by atoms with E-state index in [0.717, 1.165) is 12.5 Å². The van der Waals surface area contributed by atoms with E-state index in [9.17, 15) is 0 Å². The zero-order valence-corrected chi connectivity index (χ0v) is 10.1. The highest BCUT2D eigenvalue weighted by Crippen LogP contribution is 2.29. The third kappa shape index (κ3) is 3.76. The Kier molecular flexibility index (Phi) is 4.45. The van der Waals surface area contributed by atoms with Gasteiger partial charge in [-0.2, -0.15) is 0 Å². The quantitative estimate of drug-likeness (QED) is 0.648. The molecule has 0 aromatic rings. The van der Waals surface area contributed by atoms with Gasteiger partial charge in [0.25, 0.3) is 0 Å². The summed E-state index contributed by atoms with van der Waals surface area (Å²) in [5.74, 6) is 0.914. The standard InChI is InChI=1S/C13H25NO/c1-12-10-13(11-12)15-9-5-8-14-6-3-2-4-7-14/h12-13H,2-11H2,1H3. The molecule has 1 saturated carbocycles. The summed E-state index contributed by atoms with van der Waals surface area (Å²) < 4.78 is 5.81. The van der Waals surface area contributed by atoms with Gasteiger partial charge in [-0.15, -0.1) is 0 Å². The lowest BCUT2D eigenvalue weighted by Crippen LogP contribution is -2.33. The van der Waals surface area contributed by atoms with Gasteiger partial charge in [-0.1, -0.05) is 13.3 Å². The van der Waals surface area contributed by atoms with Gasteiger partial charge in [-0.25, -0.2) is 0 Å². The van der Waals surface area contributed by atoms with Crippen molar-refractivity contribution in [1.82, 2.24) is 4.90 Å². The molecule has 1 aliphatic heterocycles. The van der Waals surface area contributed by atoms with Crippen molar-refractivity contribution < 1.29 is 4.74 Å². The second-order valence-corrected chi connectivity index (χ2v) is 5.33. The van der Waals surface area contributed by atoms with Gasteiger partial charge in [0.15, 0.2) is 0 Å². The van der Waals surface area contributed by atoms with Crippen LogP contribution in [0.3, 0.4) is 0 Å². The van der Waals surface area contributed by atoms with Gasteiger partial charge in [0.1, 0.15) is 0 Å². The summed E-state index contributed by atoms with van der Waals surface area (Å²) in [7, 11) is 0. The summed E-state index contributed by atoms with van der Waals surface area (Å²) in [5, 5.41) is 0. The molecule has 2 rings (SSSR count). The van der Waals surface area contributed by atoms with Crippen LogP contribution in [0.5, 0.6) is 0 Å². The first-order valence-electron chi connectivity index (χ1n) is 6.68. The Morgan fingerprint density at radius 2 is 1.87 bits per heavy atom. The lowest BCUT2D eigenvalue weighted by molar-refractivity contribution is -0.0284. The summed E-state index contributed by atoms with van der Waals surface area (Å²) >= 11 is 0. The second-order valence-electron chi connectivity index (χ2n) is 5.33. The predicted octanol–water partition coefficient (Wildman–Crippen LogP) is 2.68. The van der Waals surface area contributed by atoms with Crippen LogP contribution >= 0.6 is 0 Å². The highest BCUT2D eigenvalue weighted by Gasteiger charge is 2.25. The van der Waals surface area contributed by atoms with Gasteiger partial charge in [0, 0.05) is 13.2 Å². The Bertz CT molecular complexity index is 171. The van der Waals surface area contributed by atoms with Crippen LogP contribution in [0.1, 0.15) is 45.4 Å². The minimum absolute atomic E-state index is 0.598. The molecule has 0 unspecified atom stereocenters. The fourth-order valence-electron chi connectivity index (χ4n) is 2.69. The molecule has 2 aliphatic rings. The molecule has 0 amide bonds. The van der Waals surface area contributed by atoms with Crippen molar-refractivity contribution in [2.24, 2.45) is 5.92 Å². The van der Waals surface area contributed by atoms with Crippen LogP contribution < -0.4 is 0 Å². The van der Waals surface area contributed by atoms with Crippen molar-refractivity contribution in [2.45, 2.75) is 51.6 Å². The molecule has 15 heavy (non-hydrogen) atoms. The number of rotatable bonds is 5. The average Bonchev–Trinajstić information content (AvgIpc) is 2.23. The molecule has 0 spiro atoms. The van der Waals surface area contributed by atoms with Crippen molar-refractivity contribution in [1.29, 1.82) is 0 Å². The number of hydrogen-bond acceptors (Lipinski definition) is 2. The first kappa shape index (κ1) is 11.4. The first-order valence-corrected chi connectivity index (χ1v) is 6.68. The topological polar surface area (TPSA) is 12.5 Å². The second kappa shape index (κ2) is 5.86. The zero-order valence-electron chi connectivity index (χ0n) is 10.1. The number of piperidine rings is 1. The minimum atomic E-state index is 0.598. The summed E-state index contributed by atoms with van der Waals surface area (Å²) in [4.78, 5) is 2.59. The van der Waals surface area contributed by atoms with Gasteiger partial charge >= 0.3 is 0 Å².